The van der Waals surface area contributed by atoms with Gasteiger partial charge >= 0.3 is 0 Å². The minimum atomic E-state index is -0.0715. The van der Waals surface area contributed by atoms with Crippen molar-refractivity contribution in [3.63, 3.8) is 0 Å². The molecule has 0 saturated carbocycles. The Kier molecular flexibility index (Phi) is 5.50. The molecule has 1 aromatic carbocycles. The monoisotopic (exact) mass is 365 g/mol. The summed E-state index contributed by atoms with van der Waals surface area (Å²) in [7, 11) is 0. The second-order valence-electron chi connectivity index (χ2n) is 5.49. The minimum Gasteiger partial charge on any atom is -0.338 e. The fourth-order valence-electron chi connectivity index (χ4n) is 2.54. The molecular formula is C16H17Cl2N5O. The van der Waals surface area contributed by atoms with Crippen LogP contribution in [0.2, 0.25) is 10.0 Å². The molecular weight excluding hydrogens is 349 g/mol. The second kappa shape index (κ2) is 7.79. The Hall–Kier alpha value is -1.89. The van der Waals surface area contributed by atoms with E-state index >= 15 is 0 Å². The van der Waals surface area contributed by atoms with Crippen molar-refractivity contribution in [3.8, 4) is 0 Å². The van der Waals surface area contributed by atoms with E-state index in [0.717, 1.165) is 32.1 Å². The van der Waals surface area contributed by atoms with Crippen molar-refractivity contribution in [1.82, 2.24) is 14.9 Å². The molecule has 1 fully saturated rings. The van der Waals surface area contributed by atoms with Crippen LogP contribution in [0.25, 0.3) is 0 Å². The third-order valence-corrected chi connectivity index (χ3v) is 4.52. The number of hydrogen-bond donors (Lipinski definition) is 1. The topological polar surface area (TPSA) is 61.4 Å². The Bertz CT molecular complexity index is 705. The summed E-state index contributed by atoms with van der Waals surface area (Å²) < 4.78 is 0. The van der Waals surface area contributed by atoms with Crippen molar-refractivity contribution >= 4 is 40.7 Å². The van der Waals surface area contributed by atoms with Crippen molar-refractivity contribution in [2.24, 2.45) is 0 Å². The highest BCUT2D eigenvalue weighted by Crippen LogP contribution is 2.25. The number of anilines is 2. The summed E-state index contributed by atoms with van der Waals surface area (Å²) in [6.45, 7) is 3.50. The molecule has 1 amide bonds. The van der Waals surface area contributed by atoms with Crippen molar-refractivity contribution in [3.05, 3.63) is 46.7 Å². The van der Waals surface area contributed by atoms with Crippen molar-refractivity contribution in [2.45, 2.75) is 0 Å². The van der Waals surface area contributed by atoms with Crippen LogP contribution in [0.15, 0.2) is 36.7 Å². The number of hydrogen-bond acceptors (Lipinski definition) is 5. The average molecular weight is 366 g/mol. The molecule has 0 atom stereocenters. The number of amides is 1. The van der Waals surface area contributed by atoms with Gasteiger partial charge in [-0.25, -0.2) is 9.97 Å². The first-order valence-electron chi connectivity index (χ1n) is 7.61. The van der Waals surface area contributed by atoms with Crippen LogP contribution >= 0.6 is 23.2 Å². The molecule has 1 aliphatic rings. The zero-order valence-corrected chi connectivity index (χ0v) is 14.5. The van der Waals surface area contributed by atoms with Gasteiger partial charge in [-0.1, -0.05) is 23.2 Å². The maximum atomic E-state index is 12.2. The molecule has 6 nitrogen and oxygen atoms in total. The van der Waals surface area contributed by atoms with Crippen LogP contribution in [0.4, 0.5) is 11.6 Å². The number of benzene rings is 1. The lowest BCUT2D eigenvalue weighted by Crippen LogP contribution is -2.49. The fourth-order valence-corrected chi connectivity index (χ4v) is 2.84. The minimum absolute atomic E-state index is 0.0715. The van der Waals surface area contributed by atoms with E-state index in [1.165, 1.54) is 0 Å². The van der Waals surface area contributed by atoms with E-state index in [9.17, 15) is 4.79 Å². The van der Waals surface area contributed by atoms with Gasteiger partial charge in [0.25, 0.3) is 0 Å². The Labute approximate surface area is 150 Å². The maximum absolute atomic E-state index is 12.2. The predicted octanol–water partition coefficient (Wildman–Crippen LogP) is 2.54. The Balaban J connectivity index is 1.49. The number of nitrogens with zero attached hydrogens (tertiary/aromatic N) is 4. The highest BCUT2D eigenvalue weighted by molar-refractivity contribution is 6.42. The lowest BCUT2D eigenvalue weighted by Gasteiger charge is -2.34. The molecule has 0 aliphatic carbocycles. The zero-order chi connectivity index (χ0) is 16.9. The predicted molar refractivity (Wildman–Crippen MR) is 95.8 cm³/mol. The summed E-state index contributed by atoms with van der Waals surface area (Å²) >= 11 is 11.8. The van der Waals surface area contributed by atoms with Crippen LogP contribution in [0.3, 0.4) is 0 Å². The van der Waals surface area contributed by atoms with Crippen LogP contribution < -0.4 is 10.2 Å². The highest BCUT2D eigenvalue weighted by Gasteiger charge is 2.20. The molecule has 8 heteroatoms. The number of halogens is 2. The van der Waals surface area contributed by atoms with E-state index in [2.05, 4.69) is 25.1 Å². The highest BCUT2D eigenvalue weighted by atomic mass is 35.5. The van der Waals surface area contributed by atoms with Crippen LogP contribution in [-0.2, 0) is 4.79 Å². The largest absolute Gasteiger partial charge is 0.338 e. The number of carbonyl (C=O) groups excluding carboxylic acids is 1. The average Bonchev–Trinajstić information content (AvgIpc) is 2.59. The number of piperazine rings is 1. The summed E-state index contributed by atoms with van der Waals surface area (Å²) in [4.78, 5) is 24.9. The van der Waals surface area contributed by atoms with E-state index in [4.69, 9.17) is 23.2 Å². The van der Waals surface area contributed by atoms with Crippen molar-refractivity contribution in [2.75, 3.05) is 42.9 Å². The van der Waals surface area contributed by atoms with Crippen LogP contribution in [-0.4, -0.2) is 53.5 Å². The fraction of sp³-hybridized carbons (Fsp3) is 0.312. The first-order chi connectivity index (χ1) is 11.6. The van der Waals surface area contributed by atoms with Gasteiger partial charge < -0.3 is 10.2 Å². The van der Waals surface area contributed by atoms with Gasteiger partial charge in [0.15, 0.2) is 0 Å². The molecule has 0 unspecified atom stereocenters. The Morgan fingerprint density at radius 2 is 1.79 bits per heavy atom. The smallest absolute Gasteiger partial charge is 0.238 e. The number of aromatic nitrogens is 2. The zero-order valence-electron chi connectivity index (χ0n) is 13.0. The molecule has 0 spiro atoms. The van der Waals surface area contributed by atoms with Gasteiger partial charge in [0.2, 0.25) is 11.9 Å². The molecule has 3 rings (SSSR count). The molecule has 1 N–H and O–H groups in total. The quantitative estimate of drug-likeness (QED) is 0.901. The molecule has 0 radical (unpaired) electrons. The molecule has 1 aromatic heterocycles. The first-order valence-corrected chi connectivity index (χ1v) is 8.36. The molecule has 24 heavy (non-hydrogen) atoms. The van der Waals surface area contributed by atoms with Crippen molar-refractivity contribution in [1.29, 1.82) is 0 Å². The summed E-state index contributed by atoms with van der Waals surface area (Å²) in [5, 5.41) is 3.73. The Morgan fingerprint density at radius 1 is 1.08 bits per heavy atom. The van der Waals surface area contributed by atoms with E-state index in [0.29, 0.717) is 22.3 Å². The number of rotatable bonds is 4. The Morgan fingerprint density at radius 3 is 2.46 bits per heavy atom. The van der Waals surface area contributed by atoms with Gasteiger partial charge in [0.05, 0.1) is 16.6 Å². The summed E-state index contributed by atoms with van der Waals surface area (Å²) in [6, 6.07) is 6.84. The molecule has 0 bridgehead atoms. The summed E-state index contributed by atoms with van der Waals surface area (Å²) in [5.41, 5.74) is 0.644. The number of carbonyl (C=O) groups is 1. The molecule has 126 valence electrons. The normalized spacial score (nSPS) is 15.3. The summed E-state index contributed by atoms with van der Waals surface area (Å²) in [5.74, 6) is 0.662. The van der Waals surface area contributed by atoms with Gasteiger partial charge in [0, 0.05) is 44.3 Å². The van der Waals surface area contributed by atoms with Crippen molar-refractivity contribution < 1.29 is 4.79 Å². The maximum Gasteiger partial charge on any atom is 0.238 e. The third kappa shape index (κ3) is 4.35. The SMILES string of the molecule is O=C(CN1CCN(c2ncccn2)CC1)Nc1ccc(Cl)c(Cl)c1. The molecule has 1 saturated heterocycles. The van der Waals surface area contributed by atoms with Gasteiger partial charge in [-0.3, -0.25) is 9.69 Å². The van der Waals surface area contributed by atoms with Crippen LogP contribution in [0, 0.1) is 0 Å². The van der Waals surface area contributed by atoms with Gasteiger partial charge in [0.1, 0.15) is 0 Å². The number of nitrogens with one attached hydrogen (secondary N) is 1. The van der Waals surface area contributed by atoms with E-state index in [1.807, 2.05) is 0 Å². The second-order valence-corrected chi connectivity index (χ2v) is 6.30. The molecule has 1 aliphatic heterocycles. The van der Waals surface area contributed by atoms with E-state index in [1.54, 1.807) is 36.7 Å². The first kappa shape index (κ1) is 17.0. The lowest BCUT2D eigenvalue weighted by molar-refractivity contribution is -0.117. The van der Waals surface area contributed by atoms with Crippen LogP contribution in [0.5, 0.6) is 0 Å². The van der Waals surface area contributed by atoms with E-state index < -0.39 is 0 Å². The van der Waals surface area contributed by atoms with Gasteiger partial charge in [-0.15, -0.1) is 0 Å². The van der Waals surface area contributed by atoms with Gasteiger partial charge in [-0.05, 0) is 24.3 Å². The molecule has 2 aromatic rings. The van der Waals surface area contributed by atoms with Crippen LogP contribution in [0.1, 0.15) is 0 Å². The third-order valence-electron chi connectivity index (χ3n) is 3.78. The standard InChI is InChI=1S/C16H17Cl2N5O/c17-13-3-2-12(10-14(13)18)21-15(24)11-22-6-8-23(9-7-22)16-19-4-1-5-20-16/h1-5,10H,6-9,11H2,(H,21,24). The molecule has 2 heterocycles. The summed E-state index contributed by atoms with van der Waals surface area (Å²) in [6.07, 6.45) is 3.47. The van der Waals surface area contributed by atoms with Gasteiger partial charge in [-0.2, -0.15) is 0 Å². The van der Waals surface area contributed by atoms with E-state index in [-0.39, 0.29) is 5.91 Å². The lowest BCUT2D eigenvalue weighted by atomic mass is 10.3.